The molecule has 0 aliphatic carbocycles. The highest BCUT2D eigenvalue weighted by molar-refractivity contribution is 7.13. The Hall–Kier alpha value is -1.50. The molecule has 0 bridgehead atoms. The van der Waals surface area contributed by atoms with E-state index in [2.05, 4.69) is 20.6 Å². The van der Waals surface area contributed by atoms with Gasteiger partial charge in [0.05, 0.1) is 11.3 Å². The highest BCUT2D eigenvalue weighted by Gasteiger charge is 2.15. The molecule has 0 saturated carbocycles. The Bertz CT molecular complexity index is 659. The van der Waals surface area contributed by atoms with Crippen LogP contribution in [0.1, 0.15) is 28.9 Å². The van der Waals surface area contributed by atoms with Crippen molar-refractivity contribution in [3.63, 3.8) is 0 Å². The van der Waals surface area contributed by atoms with Crippen LogP contribution in [0.4, 0.5) is 10.8 Å². The predicted molar refractivity (Wildman–Crippen MR) is 105 cm³/mol. The van der Waals surface area contributed by atoms with E-state index in [9.17, 15) is 4.79 Å². The summed E-state index contributed by atoms with van der Waals surface area (Å²) in [5, 5.41) is 6.08. The number of nitrogens with two attached hydrogens (primary N) is 1. The van der Waals surface area contributed by atoms with Crippen LogP contribution in [0, 0.1) is 0 Å². The number of nitrogen functional groups attached to an aromatic ring is 1. The molecule has 1 aliphatic heterocycles. The molecule has 0 radical (unpaired) electrons. The number of hydrogen-bond acceptors (Lipinski definition) is 5. The van der Waals surface area contributed by atoms with Crippen molar-refractivity contribution in [3.05, 3.63) is 40.9 Å². The molecule has 5 nitrogen and oxygen atoms in total. The second-order valence-electron chi connectivity index (χ2n) is 5.41. The number of amides is 1. The molecule has 3 rings (SSSR count). The van der Waals surface area contributed by atoms with Crippen LogP contribution in [0.3, 0.4) is 0 Å². The molecule has 1 aromatic heterocycles. The summed E-state index contributed by atoms with van der Waals surface area (Å²) in [6.07, 6.45) is 3.25. The van der Waals surface area contributed by atoms with Crippen molar-refractivity contribution in [2.75, 3.05) is 30.3 Å². The fourth-order valence-electron chi connectivity index (χ4n) is 2.57. The number of rotatable bonds is 5. The number of carbonyl (C=O) groups is 1. The summed E-state index contributed by atoms with van der Waals surface area (Å²) in [5.74, 6) is -0.131. The van der Waals surface area contributed by atoms with Gasteiger partial charge in [0.2, 0.25) is 0 Å². The molecule has 2 heterocycles. The first-order valence-corrected chi connectivity index (χ1v) is 8.44. The van der Waals surface area contributed by atoms with Crippen LogP contribution in [-0.4, -0.2) is 30.5 Å². The molecule has 0 atom stereocenters. The first-order chi connectivity index (χ1) is 10.7. The fourth-order valence-corrected chi connectivity index (χ4v) is 3.48. The smallest absolute Gasteiger partial charge is 0.253 e. The van der Waals surface area contributed by atoms with Gasteiger partial charge in [-0.25, -0.2) is 4.98 Å². The third kappa shape index (κ3) is 5.00. The minimum atomic E-state index is -0.131. The van der Waals surface area contributed by atoms with Gasteiger partial charge in [-0.05, 0) is 25.0 Å². The SMILES string of the molecule is Cl.Cl.Nc1ccccc1C(=O)NCCc1csc(N2CCCC2)n1. The normalized spacial score (nSPS) is 13.1. The summed E-state index contributed by atoms with van der Waals surface area (Å²) in [6.45, 7) is 2.78. The maximum absolute atomic E-state index is 12.1. The second kappa shape index (κ2) is 9.71. The third-order valence-corrected chi connectivity index (χ3v) is 4.74. The van der Waals surface area contributed by atoms with Crippen molar-refractivity contribution in [1.82, 2.24) is 10.3 Å². The molecule has 1 aliphatic rings. The number of thiazole rings is 1. The Labute approximate surface area is 158 Å². The Kier molecular flexibility index (Phi) is 8.31. The number of anilines is 2. The summed E-state index contributed by atoms with van der Waals surface area (Å²) in [7, 11) is 0. The maximum Gasteiger partial charge on any atom is 0.253 e. The van der Waals surface area contributed by atoms with Crippen molar-refractivity contribution < 1.29 is 4.79 Å². The van der Waals surface area contributed by atoms with Crippen molar-refractivity contribution in [2.45, 2.75) is 19.3 Å². The molecular formula is C16H22Cl2N4OS. The third-order valence-electron chi connectivity index (χ3n) is 3.79. The zero-order chi connectivity index (χ0) is 15.4. The van der Waals surface area contributed by atoms with Gasteiger partial charge < -0.3 is 16.0 Å². The minimum absolute atomic E-state index is 0. The molecule has 0 unspecified atom stereocenters. The molecule has 3 N–H and O–H groups in total. The second-order valence-corrected chi connectivity index (χ2v) is 6.25. The number of hydrogen-bond donors (Lipinski definition) is 2. The molecule has 8 heteroatoms. The van der Waals surface area contributed by atoms with E-state index in [-0.39, 0.29) is 30.7 Å². The van der Waals surface area contributed by atoms with Crippen molar-refractivity contribution >= 4 is 52.9 Å². The van der Waals surface area contributed by atoms with Crippen molar-refractivity contribution in [2.24, 2.45) is 0 Å². The average molecular weight is 389 g/mol. The van der Waals surface area contributed by atoms with Crippen LogP contribution in [0.25, 0.3) is 0 Å². The monoisotopic (exact) mass is 388 g/mol. The van der Waals surface area contributed by atoms with E-state index in [1.165, 1.54) is 12.8 Å². The summed E-state index contributed by atoms with van der Waals surface area (Å²) < 4.78 is 0. The number of carbonyl (C=O) groups excluding carboxylic acids is 1. The van der Waals surface area contributed by atoms with Gasteiger partial charge in [0.1, 0.15) is 0 Å². The van der Waals surface area contributed by atoms with Crippen molar-refractivity contribution in [3.8, 4) is 0 Å². The van der Waals surface area contributed by atoms with E-state index < -0.39 is 0 Å². The number of nitrogens with one attached hydrogen (secondary N) is 1. The molecule has 2 aromatic rings. The van der Waals surface area contributed by atoms with Gasteiger partial charge in [-0.2, -0.15) is 0 Å². The molecule has 1 fully saturated rings. The largest absolute Gasteiger partial charge is 0.398 e. The first-order valence-electron chi connectivity index (χ1n) is 7.56. The van der Waals surface area contributed by atoms with Crippen LogP contribution >= 0.6 is 36.2 Å². The number of aromatic nitrogens is 1. The van der Waals surface area contributed by atoms with Crippen LogP contribution < -0.4 is 16.0 Å². The highest BCUT2D eigenvalue weighted by atomic mass is 35.5. The number of nitrogens with zero attached hydrogens (tertiary/aromatic N) is 2. The fraction of sp³-hybridized carbons (Fsp3) is 0.375. The Morgan fingerprint density at radius 1 is 1.25 bits per heavy atom. The van der Waals surface area contributed by atoms with E-state index in [4.69, 9.17) is 5.73 Å². The summed E-state index contributed by atoms with van der Waals surface area (Å²) in [4.78, 5) is 19.0. The minimum Gasteiger partial charge on any atom is -0.398 e. The molecule has 1 aromatic carbocycles. The van der Waals surface area contributed by atoms with E-state index in [1.54, 1.807) is 23.5 Å². The van der Waals surface area contributed by atoms with Crippen LogP contribution in [-0.2, 0) is 6.42 Å². The van der Waals surface area contributed by atoms with E-state index in [0.29, 0.717) is 17.8 Å². The van der Waals surface area contributed by atoms with Gasteiger partial charge in [-0.1, -0.05) is 12.1 Å². The number of halogens is 2. The van der Waals surface area contributed by atoms with Crippen molar-refractivity contribution in [1.29, 1.82) is 0 Å². The molecule has 132 valence electrons. The summed E-state index contributed by atoms with van der Waals surface area (Å²) in [5.41, 5.74) is 7.87. The molecule has 1 saturated heterocycles. The Morgan fingerprint density at radius 3 is 2.67 bits per heavy atom. The van der Waals surface area contributed by atoms with Crippen LogP contribution in [0.5, 0.6) is 0 Å². The van der Waals surface area contributed by atoms with E-state index >= 15 is 0 Å². The average Bonchev–Trinajstić information content (AvgIpc) is 3.18. The molecule has 1 amide bonds. The lowest BCUT2D eigenvalue weighted by Crippen LogP contribution is -2.26. The lowest BCUT2D eigenvalue weighted by Gasteiger charge is -2.12. The van der Waals surface area contributed by atoms with Gasteiger partial charge >= 0.3 is 0 Å². The lowest BCUT2D eigenvalue weighted by molar-refractivity contribution is 0.0955. The highest BCUT2D eigenvalue weighted by Crippen LogP contribution is 2.24. The van der Waals surface area contributed by atoms with Crippen LogP contribution in [0.15, 0.2) is 29.6 Å². The van der Waals surface area contributed by atoms with Gasteiger partial charge in [0, 0.05) is 37.1 Å². The van der Waals surface area contributed by atoms with Crippen LogP contribution in [0.2, 0.25) is 0 Å². The van der Waals surface area contributed by atoms with Gasteiger partial charge in [0.25, 0.3) is 5.91 Å². The lowest BCUT2D eigenvalue weighted by atomic mass is 10.1. The zero-order valence-corrected chi connectivity index (χ0v) is 15.7. The predicted octanol–water partition coefficient (Wildman–Crippen LogP) is 3.14. The first kappa shape index (κ1) is 20.5. The van der Waals surface area contributed by atoms with Gasteiger partial charge in [-0.3, -0.25) is 4.79 Å². The molecule has 24 heavy (non-hydrogen) atoms. The molecule has 0 spiro atoms. The number of para-hydroxylation sites is 1. The standard InChI is InChI=1S/C16H20N4OS.2ClH/c17-14-6-2-1-5-13(14)15(21)18-8-7-12-11-22-16(19-12)20-9-3-4-10-20;;/h1-2,5-6,11H,3-4,7-10,17H2,(H,18,21);2*1H. The Morgan fingerprint density at radius 2 is 1.96 bits per heavy atom. The van der Waals surface area contributed by atoms with E-state index in [1.807, 2.05) is 12.1 Å². The number of benzene rings is 1. The topological polar surface area (TPSA) is 71.2 Å². The molecular weight excluding hydrogens is 367 g/mol. The summed E-state index contributed by atoms with van der Waals surface area (Å²) >= 11 is 1.69. The maximum atomic E-state index is 12.1. The van der Waals surface area contributed by atoms with Gasteiger partial charge in [-0.15, -0.1) is 36.2 Å². The van der Waals surface area contributed by atoms with Gasteiger partial charge in [0.15, 0.2) is 5.13 Å². The quantitative estimate of drug-likeness (QED) is 0.771. The summed E-state index contributed by atoms with van der Waals surface area (Å²) in [6, 6.07) is 7.10. The van der Waals surface area contributed by atoms with E-state index in [0.717, 1.165) is 30.3 Å². The Balaban J connectivity index is 0.00000144. The zero-order valence-electron chi connectivity index (χ0n) is 13.2.